The molecule has 0 aromatic carbocycles. The Morgan fingerprint density at radius 2 is 0.407 bits per heavy atom. The number of hydrogen-bond acceptors (Lipinski definition) is 0. The van der Waals surface area contributed by atoms with Gasteiger partial charge in [0.25, 0.3) is 0 Å². The Hall–Kier alpha value is 1.83. The van der Waals surface area contributed by atoms with Crippen LogP contribution in [0.1, 0.15) is 107 Å². The van der Waals surface area contributed by atoms with E-state index < -0.39 is 26.2 Å². The van der Waals surface area contributed by atoms with E-state index in [0.717, 1.165) is 0 Å². The molecule has 160 valence electrons. The third-order valence-corrected chi connectivity index (χ3v) is 21.6. The zero-order chi connectivity index (χ0) is 20.3. The van der Waals surface area contributed by atoms with E-state index in [1.165, 1.54) is 51.4 Å². The van der Waals surface area contributed by atoms with Gasteiger partial charge in [-0.15, -0.1) is 0 Å². The zero-order valence-electron chi connectivity index (χ0n) is 21.2. The van der Waals surface area contributed by atoms with Crippen LogP contribution in [-0.4, -0.2) is 49.2 Å². The topological polar surface area (TPSA) is 0 Å². The Bertz CT molecular complexity index is 195. The molecule has 0 amide bonds. The minimum Gasteiger partial charge on any atom is -0.192 e. The van der Waals surface area contributed by atoms with Gasteiger partial charge < -0.3 is 0 Å². The van der Waals surface area contributed by atoms with Gasteiger partial charge in [0.15, 0.2) is 0 Å². The Balaban J connectivity index is -0.000000411. The van der Waals surface area contributed by atoms with Crippen molar-refractivity contribution < 1.29 is 0 Å². The van der Waals surface area contributed by atoms with Gasteiger partial charge in [0, 0.05) is 0 Å². The van der Waals surface area contributed by atoms with Crippen molar-refractivity contribution in [3.63, 3.8) is 0 Å². The van der Waals surface area contributed by atoms with Crippen molar-refractivity contribution in [1.29, 1.82) is 0 Å². The summed E-state index contributed by atoms with van der Waals surface area (Å²) in [7, 11) is 0. The summed E-state index contributed by atoms with van der Waals surface area (Å²) in [6, 6.07) is 0. The van der Waals surface area contributed by atoms with Crippen LogP contribution in [-0.2, 0) is 0 Å². The van der Waals surface area contributed by atoms with Gasteiger partial charge in [-0.05, 0) is 0 Å². The Labute approximate surface area is 196 Å². The van der Waals surface area contributed by atoms with Crippen molar-refractivity contribution in [3.05, 3.63) is 0 Å². The molecule has 3 heteroatoms. The second kappa shape index (κ2) is 22.5. The Morgan fingerprint density at radius 3 is 0.481 bits per heavy atom. The minimum atomic E-state index is -1.09. The van der Waals surface area contributed by atoms with Crippen LogP contribution in [0, 0.1) is 0 Å². The first-order valence-corrected chi connectivity index (χ1v) is 19.5. The molecule has 0 aliphatic carbocycles. The molecule has 27 heavy (non-hydrogen) atoms. The molecule has 0 fully saturated rings. The first-order valence-electron chi connectivity index (χ1n) is 12.9. The fraction of sp³-hybridized carbons (Fsp3) is 1.00. The van der Waals surface area contributed by atoms with Crippen molar-refractivity contribution in [3.8, 4) is 0 Å². The first kappa shape index (κ1) is 33.5. The van der Waals surface area contributed by atoms with Gasteiger partial charge in [0.05, 0.1) is 0 Å². The molecule has 0 aliphatic heterocycles. The molecule has 0 saturated carbocycles. The quantitative estimate of drug-likeness (QED) is 0.217. The molecule has 0 nitrogen and oxygen atoms in total. The molecule has 0 bridgehead atoms. The van der Waals surface area contributed by atoms with Gasteiger partial charge in [0.2, 0.25) is 0 Å². The van der Waals surface area contributed by atoms with Crippen LogP contribution in [0.15, 0.2) is 0 Å². The first-order chi connectivity index (χ1) is 12.5. The molecule has 0 unspecified atom stereocenters. The molecule has 0 aliphatic rings. The van der Waals surface area contributed by atoms with Gasteiger partial charge in [-0.3, -0.25) is 0 Å². The van der Waals surface area contributed by atoms with E-state index in [4.69, 9.17) is 0 Å². The summed E-state index contributed by atoms with van der Waals surface area (Å²) in [6.45, 7) is 19.0. The predicted molar refractivity (Wildman–Crippen MR) is 138 cm³/mol. The van der Waals surface area contributed by atoms with Crippen molar-refractivity contribution in [1.82, 2.24) is 0 Å². The molecule has 0 rings (SSSR count). The van der Waals surface area contributed by atoms with Crippen LogP contribution in [0.2, 0.25) is 42.3 Å². The van der Waals surface area contributed by atoms with E-state index in [9.17, 15) is 0 Å². The fourth-order valence-corrected chi connectivity index (χ4v) is 19.9. The average Bonchev–Trinajstić information content (AvgIpc) is 2.57. The van der Waals surface area contributed by atoms with Crippen LogP contribution < -0.4 is 0 Å². The largest absolute Gasteiger partial charge is 2.00 e. The number of hydrogen-bond donors (Lipinski definition) is 0. The molecule has 0 heterocycles. The fourth-order valence-electron chi connectivity index (χ4n) is 6.63. The summed E-state index contributed by atoms with van der Waals surface area (Å²) in [4.78, 5) is 0. The smallest absolute Gasteiger partial charge is 0.192 e. The van der Waals surface area contributed by atoms with Crippen LogP contribution in [0.3, 0.4) is 0 Å². The van der Waals surface area contributed by atoms with Gasteiger partial charge in [-0.25, -0.2) is 0 Å². The molecule has 0 aromatic rings. The van der Waals surface area contributed by atoms with Crippen molar-refractivity contribution in [2.75, 3.05) is 0 Å². The van der Waals surface area contributed by atoms with Crippen LogP contribution in [0.4, 0.5) is 0 Å². The van der Waals surface area contributed by atoms with Gasteiger partial charge in [0.1, 0.15) is 26.2 Å². The van der Waals surface area contributed by atoms with E-state index in [0.29, 0.717) is 0 Å². The van der Waals surface area contributed by atoms with Gasteiger partial charge in [-0.2, -0.15) is 42.3 Å². The summed E-state index contributed by atoms with van der Waals surface area (Å²) in [6.07, 6.45) is 11.5. The SMILES string of the molecule is CC[CH2][Al-]([CH2]CC)([CH2]CC)[CH2]CC.CC[CH2][Al-]([CH2]CC)([CH2]CC)[CH2]CC.[Mg+2]. The molecule has 0 N–H and O–H groups in total. The van der Waals surface area contributed by atoms with E-state index in [2.05, 4.69) is 55.4 Å². The van der Waals surface area contributed by atoms with Gasteiger partial charge in [-0.1, -0.05) is 107 Å². The molecule has 0 radical (unpaired) electrons. The maximum Gasteiger partial charge on any atom is 2.00 e. The molecule has 0 aromatic heterocycles. The van der Waals surface area contributed by atoms with Crippen LogP contribution >= 0.6 is 0 Å². The second-order valence-electron chi connectivity index (χ2n) is 9.77. The van der Waals surface area contributed by atoms with Crippen LogP contribution in [0.5, 0.6) is 0 Å². The average molecular weight is 423 g/mol. The third kappa shape index (κ3) is 16.2. The standard InChI is InChI=1S/8C3H7.2Al.Mg/c8*1-3-2;;;/h8*1,3H2,2H3;;;/q;;;;;;;;2*-1;+2. The second-order valence-corrected chi connectivity index (χ2v) is 21.3. The maximum absolute atomic E-state index is 2.37. The minimum absolute atomic E-state index is 0. The molecule has 0 spiro atoms. The van der Waals surface area contributed by atoms with Gasteiger partial charge >= 0.3 is 23.1 Å². The summed E-state index contributed by atoms with van der Waals surface area (Å²) >= 11 is -2.19. The van der Waals surface area contributed by atoms with E-state index >= 15 is 0 Å². The number of rotatable bonds is 16. The molecule has 0 atom stereocenters. The summed E-state index contributed by atoms with van der Waals surface area (Å²) < 4.78 is 0. The monoisotopic (exact) mass is 422 g/mol. The predicted octanol–water partition coefficient (Wildman–Crippen LogP) is 9.77. The zero-order valence-corrected chi connectivity index (χ0v) is 24.9. The Morgan fingerprint density at radius 1 is 0.296 bits per heavy atom. The maximum atomic E-state index is 2.37. The summed E-state index contributed by atoms with van der Waals surface area (Å²) in [5.74, 6) is 0. The molecule has 0 saturated heterocycles. The van der Waals surface area contributed by atoms with E-state index in [-0.39, 0.29) is 23.1 Å². The van der Waals surface area contributed by atoms with E-state index in [1.54, 1.807) is 42.3 Å². The van der Waals surface area contributed by atoms with Crippen molar-refractivity contribution >= 4 is 49.2 Å². The third-order valence-electron chi connectivity index (χ3n) is 7.21. The van der Waals surface area contributed by atoms with E-state index in [1.807, 2.05) is 0 Å². The van der Waals surface area contributed by atoms with Crippen LogP contribution in [0.25, 0.3) is 0 Å². The summed E-state index contributed by atoms with van der Waals surface area (Å²) in [5.41, 5.74) is 0. The van der Waals surface area contributed by atoms with Crippen molar-refractivity contribution in [2.45, 2.75) is 149 Å². The summed E-state index contributed by atoms with van der Waals surface area (Å²) in [5, 5.41) is 12.9. The molecular weight excluding hydrogens is 367 g/mol. The van der Waals surface area contributed by atoms with Crippen molar-refractivity contribution in [2.24, 2.45) is 0 Å². The normalized spacial score (nSPS) is 11.6. The molecular formula is C24H56Al2Mg. The Kier molecular flexibility index (Phi) is 27.9.